The standard InChI is InChI=1S/C20H20N2O3/c1-2-25-13-9-7-12(8-10-13)18-19-15(11-17(22-18)20(23)24)14-5-3-4-6-16(14)21-19/h3-10,17-18,21-22H,2,11H2,1H3,(H,23,24)/t17-,18+/m1/s1. The summed E-state index contributed by atoms with van der Waals surface area (Å²) in [6, 6.07) is 15.2. The highest BCUT2D eigenvalue weighted by molar-refractivity contribution is 5.86. The lowest BCUT2D eigenvalue weighted by Gasteiger charge is -2.29. The Morgan fingerprint density at radius 1 is 1.24 bits per heavy atom. The summed E-state index contributed by atoms with van der Waals surface area (Å²) in [5.74, 6) is -0.206. The van der Waals surface area contributed by atoms with Crippen LogP contribution in [0.4, 0.5) is 0 Å². The molecule has 0 saturated heterocycles. The molecule has 1 aliphatic rings. The number of aromatic nitrogens is 1. The number of quaternary nitrogens is 1. The van der Waals surface area contributed by atoms with Crippen LogP contribution in [0.3, 0.4) is 0 Å². The highest BCUT2D eigenvalue weighted by Crippen LogP contribution is 2.32. The normalized spacial score (nSPS) is 19.6. The van der Waals surface area contributed by atoms with Gasteiger partial charge in [0, 0.05) is 22.9 Å². The number of fused-ring (bicyclic) bond motifs is 3. The van der Waals surface area contributed by atoms with Gasteiger partial charge < -0.3 is 24.9 Å². The highest BCUT2D eigenvalue weighted by atomic mass is 16.5. The van der Waals surface area contributed by atoms with E-state index in [4.69, 9.17) is 4.74 Å². The summed E-state index contributed by atoms with van der Waals surface area (Å²) < 4.78 is 5.50. The third-order valence-electron chi connectivity index (χ3n) is 4.86. The number of carboxylic acids is 1. The fourth-order valence-electron chi connectivity index (χ4n) is 3.70. The molecule has 2 aromatic carbocycles. The largest absolute Gasteiger partial charge is 0.544 e. The minimum atomic E-state index is -1.02. The van der Waals surface area contributed by atoms with Gasteiger partial charge in [0.05, 0.1) is 18.3 Å². The van der Waals surface area contributed by atoms with Crippen LogP contribution in [0.2, 0.25) is 0 Å². The molecule has 0 unspecified atom stereocenters. The Labute approximate surface area is 145 Å². The molecule has 5 nitrogen and oxygen atoms in total. The van der Waals surface area contributed by atoms with E-state index in [0.29, 0.717) is 13.0 Å². The second-order valence-corrected chi connectivity index (χ2v) is 6.36. The van der Waals surface area contributed by atoms with Crippen molar-refractivity contribution in [2.45, 2.75) is 25.4 Å². The number of para-hydroxylation sites is 1. The van der Waals surface area contributed by atoms with Gasteiger partial charge >= 0.3 is 0 Å². The van der Waals surface area contributed by atoms with Crippen LogP contribution in [0.25, 0.3) is 10.9 Å². The number of benzene rings is 2. The van der Waals surface area contributed by atoms with E-state index < -0.39 is 12.0 Å². The molecule has 1 aliphatic heterocycles. The van der Waals surface area contributed by atoms with Gasteiger partial charge in [-0.15, -0.1) is 0 Å². The summed E-state index contributed by atoms with van der Waals surface area (Å²) in [6.45, 7) is 2.57. The molecule has 0 saturated carbocycles. The van der Waals surface area contributed by atoms with Crippen molar-refractivity contribution in [2.24, 2.45) is 0 Å². The third-order valence-corrected chi connectivity index (χ3v) is 4.86. The van der Waals surface area contributed by atoms with Gasteiger partial charge in [-0.3, -0.25) is 0 Å². The van der Waals surface area contributed by atoms with Crippen molar-refractivity contribution in [3.8, 4) is 5.75 Å². The number of aliphatic carboxylic acids is 1. The number of carbonyl (C=O) groups is 1. The van der Waals surface area contributed by atoms with Crippen LogP contribution >= 0.6 is 0 Å². The van der Waals surface area contributed by atoms with Gasteiger partial charge in [-0.2, -0.15) is 0 Å². The van der Waals surface area contributed by atoms with Crippen LogP contribution in [0.1, 0.15) is 29.8 Å². The number of aromatic amines is 1. The summed E-state index contributed by atoms with van der Waals surface area (Å²) in [5, 5.41) is 14.5. The molecule has 0 fully saturated rings. The van der Waals surface area contributed by atoms with Crippen LogP contribution in [-0.2, 0) is 11.2 Å². The number of carboxylic acid groups (broad SMARTS) is 1. The lowest BCUT2D eigenvalue weighted by Crippen LogP contribution is -2.95. The fraction of sp³-hybridized carbons (Fsp3) is 0.250. The van der Waals surface area contributed by atoms with E-state index in [1.807, 2.05) is 60.8 Å². The minimum Gasteiger partial charge on any atom is -0.544 e. The Kier molecular flexibility index (Phi) is 3.93. The van der Waals surface area contributed by atoms with Crippen molar-refractivity contribution in [2.75, 3.05) is 6.61 Å². The van der Waals surface area contributed by atoms with Crippen molar-refractivity contribution < 1.29 is 20.0 Å². The average Bonchev–Trinajstić information content (AvgIpc) is 3.00. The lowest BCUT2D eigenvalue weighted by atomic mass is 9.90. The van der Waals surface area contributed by atoms with E-state index in [1.165, 1.54) is 0 Å². The first kappa shape index (κ1) is 15.7. The second kappa shape index (κ2) is 6.26. The molecule has 3 N–H and O–H groups in total. The number of ether oxygens (including phenoxy) is 1. The topological polar surface area (TPSA) is 81.8 Å². The molecular weight excluding hydrogens is 316 g/mol. The van der Waals surface area contributed by atoms with Crippen molar-refractivity contribution in [3.05, 3.63) is 65.4 Å². The molecular formula is C20H20N2O3. The van der Waals surface area contributed by atoms with Gasteiger partial charge in [0.15, 0.2) is 6.04 Å². The maximum atomic E-state index is 11.6. The maximum absolute atomic E-state index is 11.6. The monoisotopic (exact) mass is 336 g/mol. The quantitative estimate of drug-likeness (QED) is 0.742. The molecule has 128 valence electrons. The summed E-state index contributed by atoms with van der Waals surface area (Å²) >= 11 is 0. The Bertz CT molecular complexity index is 914. The Hall–Kier alpha value is -2.79. The first-order valence-electron chi connectivity index (χ1n) is 8.55. The molecule has 2 atom stereocenters. The summed E-state index contributed by atoms with van der Waals surface area (Å²) in [7, 11) is 0. The smallest absolute Gasteiger partial charge is 0.153 e. The number of hydrogen-bond donors (Lipinski definition) is 2. The van der Waals surface area contributed by atoms with E-state index in [9.17, 15) is 9.90 Å². The Balaban J connectivity index is 1.80. The maximum Gasteiger partial charge on any atom is 0.153 e. The van der Waals surface area contributed by atoms with E-state index in [1.54, 1.807) is 0 Å². The molecule has 0 amide bonds. The summed E-state index contributed by atoms with van der Waals surface area (Å²) in [6.07, 6.45) is 0.467. The van der Waals surface area contributed by atoms with E-state index in [-0.39, 0.29) is 6.04 Å². The van der Waals surface area contributed by atoms with Crippen LogP contribution in [-0.4, -0.2) is 23.6 Å². The fourth-order valence-corrected chi connectivity index (χ4v) is 3.70. The van der Waals surface area contributed by atoms with Crippen LogP contribution in [0, 0.1) is 0 Å². The Morgan fingerprint density at radius 3 is 2.72 bits per heavy atom. The number of nitrogens with one attached hydrogen (secondary N) is 1. The molecule has 0 aliphatic carbocycles. The molecule has 3 aromatic rings. The highest BCUT2D eigenvalue weighted by Gasteiger charge is 2.34. The molecule has 0 spiro atoms. The van der Waals surface area contributed by atoms with Gasteiger partial charge in [-0.25, -0.2) is 0 Å². The number of H-pyrrole nitrogens is 1. The molecule has 0 bridgehead atoms. The van der Waals surface area contributed by atoms with Gasteiger partial charge in [0.2, 0.25) is 0 Å². The third kappa shape index (κ3) is 2.76. The van der Waals surface area contributed by atoms with Crippen molar-refractivity contribution >= 4 is 16.9 Å². The molecule has 5 heteroatoms. The van der Waals surface area contributed by atoms with Gasteiger partial charge in [0.1, 0.15) is 11.8 Å². The molecule has 2 heterocycles. The van der Waals surface area contributed by atoms with E-state index in [2.05, 4.69) is 4.98 Å². The SMILES string of the molecule is CCOc1ccc([C@@H]2[NH2+][C@@H](C(=O)[O-])Cc3c2[nH]c2ccccc32)cc1. The number of carbonyl (C=O) groups excluding carboxylic acids is 1. The van der Waals surface area contributed by atoms with Gasteiger partial charge in [0.25, 0.3) is 0 Å². The molecule has 25 heavy (non-hydrogen) atoms. The predicted molar refractivity (Wildman–Crippen MR) is 92.2 cm³/mol. The Morgan fingerprint density at radius 2 is 2.00 bits per heavy atom. The number of hydrogen-bond acceptors (Lipinski definition) is 3. The van der Waals surface area contributed by atoms with Crippen molar-refractivity contribution in [1.82, 2.24) is 4.98 Å². The lowest BCUT2D eigenvalue weighted by molar-refractivity contribution is -0.717. The first-order chi connectivity index (χ1) is 12.2. The molecule has 1 aromatic heterocycles. The van der Waals surface area contributed by atoms with Gasteiger partial charge in [-0.1, -0.05) is 18.2 Å². The van der Waals surface area contributed by atoms with Gasteiger partial charge in [-0.05, 0) is 42.8 Å². The number of nitrogens with two attached hydrogens (primary N) is 1. The van der Waals surface area contributed by atoms with E-state index >= 15 is 0 Å². The first-order valence-corrected chi connectivity index (χ1v) is 8.55. The van der Waals surface area contributed by atoms with Crippen LogP contribution < -0.4 is 15.2 Å². The average molecular weight is 336 g/mol. The molecule has 4 rings (SSSR count). The zero-order chi connectivity index (χ0) is 17.4. The van der Waals surface area contributed by atoms with Crippen molar-refractivity contribution in [1.29, 1.82) is 0 Å². The summed E-state index contributed by atoms with van der Waals surface area (Å²) in [4.78, 5) is 15.1. The summed E-state index contributed by atoms with van der Waals surface area (Å²) in [5.41, 5.74) is 4.23. The van der Waals surface area contributed by atoms with Crippen molar-refractivity contribution in [3.63, 3.8) is 0 Å². The van der Waals surface area contributed by atoms with Crippen LogP contribution in [0.15, 0.2) is 48.5 Å². The minimum absolute atomic E-state index is 0.102. The number of rotatable bonds is 4. The zero-order valence-corrected chi connectivity index (χ0v) is 14.0. The molecule has 0 radical (unpaired) electrons. The zero-order valence-electron chi connectivity index (χ0n) is 14.0. The van der Waals surface area contributed by atoms with Crippen LogP contribution in [0.5, 0.6) is 5.75 Å². The second-order valence-electron chi connectivity index (χ2n) is 6.36. The van der Waals surface area contributed by atoms with E-state index in [0.717, 1.165) is 33.5 Å². The predicted octanol–water partition coefficient (Wildman–Crippen LogP) is 0.894.